The molecule has 4 rings (SSSR count). The molecule has 0 aliphatic heterocycles. The van der Waals surface area contributed by atoms with Crippen LogP contribution in [0, 0.1) is 13.8 Å². The van der Waals surface area contributed by atoms with Crippen molar-refractivity contribution in [3.8, 4) is 0 Å². The number of hydrogen-bond acceptors (Lipinski definition) is 4. The van der Waals surface area contributed by atoms with Crippen molar-refractivity contribution in [1.82, 2.24) is 10.2 Å². The average molecular weight is 596 g/mol. The number of nitrogens with one attached hydrogen (secondary N) is 1. The number of hydrogen-bond donors (Lipinski definition) is 1. The van der Waals surface area contributed by atoms with Gasteiger partial charge in [0.05, 0.1) is 10.6 Å². The van der Waals surface area contributed by atoms with Crippen LogP contribution in [0.5, 0.6) is 0 Å². The summed E-state index contributed by atoms with van der Waals surface area (Å²) in [4.78, 5) is 29.0. The van der Waals surface area contributed by atoms with Crippen molar-refractivity contribution in [3.63, 3.8) is 0 Å². The molecule has 0 bridgehead atoms. The second kappa shape index (κ2) is 13.5. The molecule has 218 valence electrons. The summed E-state index contributed by atoms with van der Waals surface area (Å²) >= 11 is 6.23. The van der Waals surface area contributed by atoms with Gasteiger partial charge in [0.2, 0.25) is 11.8 Å². The van der Waals surface area contributed by atoms with Crippen LogP contribution in [0.2, 0.25) is 5.02 Å². The molecule has 0 saturated heterocycles. The summed E-state index contributed by atoms with van der Waals surface area (Å²) in [5.74, 6) is -0.745. The smallest absolute Gasteiger partial charge is 0.264 e. The number of nitrogens with zero attached hydrogens (tertiary/aromatic N) is 2. The van der Waals surface area contributed by atoms with Gasteiger partial charge in [-0.25, -0.2) is 8.42 Å². The Bertz CT molecular complexity index is 1470. The number of aryl methyl sites for hydroxylation is 2. The zero-order valence-corrected chi connectivity index (χ0v) is 25.4. The Morgan fingerprint density at radius 2 is 1.63 bits per heavy atom. The first-order chi connectivity index (χ1) is 19.6. The molecular weight excluding hydrogens is 558 g/mol. The van der Waals surface area contributed by atoms with Gasteiger partial charge in [-0.05, 0) is 86.7 Å². The summed E-state index contributed by atoms with van der Waals surface area (Å²) in [6.07, 6.45) is 5.11. The Balaban J connectivity index is 1.68. The lowest BCUT2D eigenvalue weighted by atomic mass is 9.95. The molecule has 2 amide bonds. The molecular formula is C32H38ClN3O4S. The molecule has 41 heavy (non-hydrogen) atoms. The van der Waals surface area contributed by atoms with Gasteiger partial charge in [-0.2, -0.15) is 0 Å². The molecule has 0 spiro atoms. The molecule has 0 aromatic heterocycles. The lowest BCUT2D eigenvalue weighted by molar-refractivity contribution is -0.139. The largest absolute Gasteiger partial charge is 0.352 e. The van der Waals surface area contributed by atoms with Gasteiger partial charge in [-0.15, -0.1) is 0 Å². The molecule has 3 aromatic rings. The van der Waals surface area contributed by atoms with Crippen LogP contribution in [0.4, 0.5) is 5.69 Å². The minimum absolute atomic E-state index is 0.0762. The van der Waals surface area contributed by atoms with E-state index < -0.39 is 28.5 Å². The first kappa shape index (κ1) is 30.6. The number of halogens is 1. The fourth-order valence-corrected chi connectivity index (χ4v) is 6.75. The van der Waals surface area contributed by atoms with E-state index in [0.717, 1.165) is 53.1 Å². The van der Waals surface area contributed by atoms with Crippen LogP contribution in [0.3, 0.4) is 0 Å². The zero-order chi connectivity index (χ0) is 29.6. The van der Waals surface area contributed by atoms with Crippen LogP contribution in [0.25, 0.3) is 0 Å². The van der Waals surface area contributed by atoms with Gasteiger partial charge >= 0.3 is 0 Å². The maximum absolute atomic E-state index is 14.1. The standard InChI is InChI=1S/C32H38ClN3O4S/c1-23-17-18-29(19-24(23)2)36(41(39,40)30-15-8-5-9-16-30)22-31(37)35(21-26-11-10-12-27(33)20-26)25(3)32(38)34-28-13-6-4-7-14-28/h5,8-12,15-20,25,28H,4,6-7,13-14,21-22H2,1-3H3,(H,34,38). The summed E-state index contributed by atoms with van der Waals surface area (Å²) in [6.45, 7) is 5.16. The Hall–Kier alpha value is -3.36. The molecule has 1 saturated carbocycles. The van der Waals surface area contributed by atoms with E-state index in [2.05, 4.69) is 5.32 Å². The van der Waals surface area contributed by atoms with Crippen molar-refractivity contribution in [1.29, 1.82) is 0 Å². The number of carbonyl (C=O) groups excluding carboxylic acids is 2. The van der Waals surface area contributed by atoms with E-state index in [4.69, 9.17) is 11.6 Å². The van der Waals surface area contributed by atoms with Crippen LogP contribution >= 0.6 is 11.6 Å². The highest BCUT2D eigenvalue weighted by atomic mass is 35.5. The summed E-state index contributed by atoms with van der Waals surface area (Å²) < 4.78 is 29.0. The highest BCUT2D eigenvalue weighted by molar-refractivity contribution is 7.92. The Morgan fingerprint density at radius 1 is 0.927 bits per heavy atom. The van der Waals surface area contributed by atoms with E-state index in [0.29, 0.717) is 10.7 Å². The van der Waals surface area contributed by atoms with Crippen LogP contribution in [-0.4, -0.2) is 43.8 Å². The van der Waals surface area contributed by atoms with Gasteiger partial charge in [-0.3, -0.25) is 13.9 Å². The minimum atomic E-state index is -4.10. The average Bonchev–Trinajstić information content (AvgIpc) is 2.96. The number of anilines is 1. The molecule has 1 unspecified atom stereocenters. The van der Waals surface area contributed by atoms with Crippen molar-refractivity contribution >= 4 is 39.1 Å². The molecule has 1 aliphatic carbocycles. The lowest BCUT2D eigenvalue weighted by Gasteiger charge is -2.33. The van der Waals surface area contributed by atoms with Crippen molar-refractivity contribution in [2.24, 2.45) is 0 Å². The normalized spacial score (nSPS) is 14.7. The van der Waals surface area contributed by atoms with Crippen molar-refractivity contribution in [2.75, 3.05) is 10.8 Å². The molecule has 1 fully saturated rings. The molecule has 1 atom stereocenters. The topological polar surface area (TPSA) is 86.8 Å². The number of sulfonamides is 1. The maximum atomic E-state index is 14.1. The second-order valence-corrected chi connectivity index (χ2v) is 13.1. The Kier molecular flexibility index (Phi) is 10.1. The summed E-state index contributed by atoms with van der Waals surface area (Å²) in [5.41, 5.74) is 3.03. The third kappa shape index (κ3) is 7.68. The first-order valence-electron chi connectivity index (χ1n) is 14.1. The molecule has 1 aliphatic rings. The summed E-state index contributed by atoms with van der Waals surface area (Å²) in [5, 5.41) is 3.63. The predicted molar refractivity (Wildman–Crippen MR) is 163 cm³/mol. The van der Waals surface area contributed by atoms with Crippen LogP contribution in [-0.2, 0) is 26.2 Å². The van der Waals surface area contributed by atoms with Gasteiger partial charge in [0, 0.05) is 17.6 Å². The number of rotatable bonds is 10. The van der Waals surface area contributed by atoms with E-state index in [1.54, 1.807) is 55.5 Å². The van der Waals surface area contributed by atoms with E-state index in [-0.39, 0.29) is 23.4 Å². The zero-order valence-electron chi connectivity index (χ0n) is 23.8. The lowest BCUT2D eigenvalue weighted by Crippen LogP contribution is -2.53. The Morgan fingerprint density at radius 3 is 2.29 bits per heavy atom. The van der Waals surface area contributed by atoms with E-state index in [1.165, 1.54) is 17.0 Å². The van der Waals surface area contributed by atoms with Crippen molar-refractivity contribution in [2.45, 2.75) is 76.4 Å². The van der Waals surface area contributed by atoms with Gasteiger partial charge in [0.25, 0.3) is 10.0 Å². The van der Waals surface area contributed by atoms with Gasteiger partial charge in [-0.1, -0.05) is 67.3 Å². The summed E-state index contributed by atoms with van der Waals surface area (Å²) in [7, 11) is -4.10. The molecule has 1 N–H and O–H groups in total. The fraction of sp³-hybridized carbons (Fsp3) is 0.375. The van der Waals surface area contributed by atoms with Crippen LogP contribution in [0.15, 0.2) is 77.7 Å². The summed E-state index contributed by atoms with van der Waals surface area (Å²) in [6, 6.07) is 19.7. The maximum Gasteiger partial charge on any atom is 0.264 e. The number of benzene rings is 3. The highest BCUT2D eigenvalue weighted by Gasteiger charge is 2.33. The SMILES string of the molecule is Cc1ccc(N(CC(=O)N(Cc2cccc(Cl)c2)C(C)C(=O)NC2CCCCC2)S(=O)(=O)c2ccccc2)cc1C. The second-order valence-electron chi connectivity index (χ2n) is 10.8. The third-order valence-corrected chi connectivity index (χ3v) is 9.77. The monoisotopic (exact) mass is 595 g/mol. The number of amides is 2. The van der Waals surface area contributed by atoms with Gasteiger partial charge in [0.15, 0.2) is 0 Å². The quantitative estimate of drug-likeness (QED) is 0.311. The fourth-order valence-electron chi connectivity index (χ4n) is 5.11. The van der Waals surface area contributed by atoms with E-state index in [9.17, 15) is 18.0 Å². The van der Waals surface area contributed by atoms with Crippen LogP contribution in [0.1, 0.15) is 55.7 Å². The first-order valence-corrected chi connectivity index (χ1v) is 15.9. The molecule has 0 radical (unpaired) electrons. The third-order valence-electron chi connectivity index (χ3n) is 7.75. The minimum Gasteiger partial charge on any atom is -0.352 e. The molecule has 7 nitrogen and oxygen atoms in total. The predicted octanol–water partition coefficient (Wildman–Crippen LogP) is 6.02. The molecule has 9 heteroatoms. The molecule has 0 heterocycles. The Labute approximate surface area is 248 Å². The van der Waals surface area contributed by atoms with Crippen molar-refractivity contribution in [3.05, 3.63) is 94.5 Å². The van der Waals surface area contributed by atoms with E-state index in [1.807, 2.05) is 26.0 Å². The highest BCUT2D eigenvalue weighted by Crippen LogP contribution is 2.27. The van der Waals surface area contributed by atoms with Gasteiger partial charge in [0.1, 0.15) is 12.6 Å². The van der Waals surface area contributed by atoms with Crippen LogP contribution < -0.4 is 9.62 Å². The van der Waals surface area contributed by atoms with Crippen molar-refractivity contribution < 1.29 is 18.0 Å². The number of carbonyl (C=O) groups is 2. The van der Waals surface area contributed by atoms with Gasteiger partial charge < -0.3 is 10.2 Å². The van der Waals surface area contributed by atoms with E-state index >= 15 is 0 Å². The molecule has 3 aromatic carbocycles.